The lowest BCUT2D eigenvalue weighted by atomic mass is 9.70. The third kappa shape index (κ3) is 3.11. The van der Waals surface area contributed by atoms with Crippen LogP contribution < -0.4 is 5.32 Å². The van der Waals surface area contributed by atoms with Crippen LogP contribution in [0.4, 0.5) is 0 Å². The van der Waals surface area contributed by atoms with E-state index >= 15 is 0 Å². The summed E-state index contributed by atoms with van der Waals surface area (Å²) < 4.78 is 1.21. The van der Waals surface area contributed by atoms with Crippen molar-refractivity contribution in [3.8, 4) is 0 Å². The van der Waals surface area contributed by atoms with Crippen molar-refractivity contribution in [2.24, 2.45) is 11.8 Å². The quantitative estimate of drug-likeness (QED) is 0.791. The molecular weight excluding hydrogens is 298 g/mol. The molecule has 1 nitrogen and oxygen atoms in total. The molecule has 0 amide bonds. The molecule has 0 spiro atoms. The van der Waals surface area contributed by atoms with Gasteiger partial charge in [0.05, 0.1) is 0 Å². The van der Waals surface area contributed by atoms with Gasteiger partial charge >= 0.3 is 0 Å². The average Bonchev–Trinajstić information content (AvgIpc) is 2.48. The van der Waals surface area contributed by atoms with Crippen LogP contribution in [-0.2, 0) is 0 Å². The van der Waals surface area contributed by atoms with E-state index in [0.29, 0.717) is 5.92 Å². The van der Waals surface area contributed by atoms with Crippen LogP contribution in [0, 0.1) is 11.8 Å². The molecule has 1 aliphatic carbocycles. The minimum Gasteiger partial charge on any atom is -0.316 e. The van der Waals surface area contributed by atoms with Gasteiger partial charge in [-0.25, -0.2) is 0 Å². The maximum atomic E-state index is 3.61. The minimum atomic E-state index is 0.683. The van der Waals surface area contributed by atoms with Crippen molar-refractivity contribution in [3.63, 3.8) is 0 Å². The summed E-state index contributed by atoms with van der Waals surface area (Å²) >= 11 is 3.61. The normalized spacial score (nSPS) is 31.3. The van der Waals surface area contributed by atoms with Crippen molar-refractivity contribution >= 4 is 15.9 Å². The fourth-order valence-corrected chi connectivity index (χ4v) is 4.17. The number of allylic oxidation sites excluding steroid dienone is 2. The molecule has 0 bridgehead atoms. The summed E-state index contributed by atoms with van der Waals surface area (Å²) in [7, 11) is 0. The van der Waals surface area contributed by atoms with Gasteiger partial charge in [-0.3, -0.25) is 0 Å². The number of piperidine rings is 1. The first kappa shape index (κ1) is 13.4. The van der Waals surface area contributed by atoms with Gasteiger partial charge in [0.15, 0.2) is 0 Å². The smallest absolute Gasteiger partial charge is 0.0178 e. The fraction of sp³-hybridized carbons (Fsp3) is 0.529. The molecule has 102 valence electrons. The number of rotatable bonds is 2. The Balaban J connectivity index is 1.82. The number of hydrogen-bond acceptors (Lipinski definition) is 1. The summed E-state index contributed by atoms with van der Waals surface area (Å²) in [6, 6.07) is 8.90. The number of nitrogens with one attached hydrogen (secondary N) is 1. The molecule has 1 N–H and O–H groups in total. The second-order valence-electron chi connectivity index (χ2n) is 5.86. The Bertz CT molecular complexity index is 454. The topological polar surface area (TPSA) is 12.0 Å². The Kier molecular flexibility index (Phi) is 4.39. The summed E-state index contributed by atoms with van der Waals surface area (Å²) in [5, 5.41) is 3.59. The van der Waals surface area contributed by atoms with Crippen LogP contribution in [0.3, 0.4) is 0 Å². The monoisotopic (exact) mass is 319 g/mol. The lowest BCUT2D eigenvalue weighted by Crippen LogP contribution is -2.38. The van der Waals surface area contributed by atoms with Gasteiger partial charge in [0, 0.05) is 11.0 Å². The third-order valence-corrected chi connectivity index (χ3v) is 5.22. The van der Waals surface area contributed by atoms with Gasteiger partial charge in [0.25, 0.3) is 0 Å². The Hall–Kier alpha value is -0.600. The third-order valence-electron chi connectivity index (χ3n) is 4.73. The highest BCUT2D eigenvalue weighted by atomic mass is 79.9. The molecule has 0 aromatic heterocycles. The van der Waals surface area contributed by atoms with Crippen molar-refractivity contribution in [1.82, 2.24) is 5.32 Å². The molecule has 3 rings (SSSR count). The molecular formula is C17H22BrN. The Morgan fingerprint density at radius 1 is 1.16 bits per heavy atom. The lowest BCUT2D eigenvalue weighted by molar-refractivity contribution is 0.211. The molecule has 2 aliphatic rings. The van der Waals surface area contributed by atoms with Crippen LogP contribution in [0.15, 0.2) is 40.9 Å². The molecule has 19 heavy (non-hydrogen) atoms. The highest BCUT2D eigenvalue weighted by molar-refractivity contribution is 9.10. The fourth-order valence-electron chi connectivity index (χ4n) is 3.75. The second-order valence-corrected chi connectivity index (χ2v) is 6.78. The molecule has 1 heterocycles. The van der Waals surface area contributed by atoms with Gasteiger partial charge in [-0.1, -0.05) is 40.2 Å². The summed E-state index contributed by atoms with van der Waals surface area (Å²) in [4.78, 5) is 0. The summed E-state index contributed by atoms with van der Waals surface area (Å²) in [6.07, 6.45) is 10.0. The standard InChI is InChI=1S/C17H22BrN/c18-15-8-4-7-14(11-15)17-12-19-10-9-16(17)13-5-2-1-3-6-13/h1-2,4,7-8,11,13,16-17,19H,3,5-6,9-10,12H2. The van der Waals surface area contributed by atoms with Gasteiger partial charge in [0.1, 0.15) is 0 Å². The molecule has 3 unspecified atom stereocenters. The van der Waals surface area contributed by atoms with Crippen LogP contribution in [0.5, 0.6) is 0 Å². The zero-order chi connectivity index (χ0) is 13.1. The lowest BCUT2D eigenvalue weighted by Gasteiger charge is -2.38. The van der Waals surface area contributed by atoms with Crippen LogP contribution in [-0.4, -0.2) is 13.1 Å². The van der Waals surface area contributed by atoms with E-state index in [1.54, 1.807) is 0 Å². The predicted molar refractivity (Wildman–Crippen MR) is 84.3 cm³/mol. The van der Waals surface area contributed by atoms with Gasteiger partial charge in [-0.15, -0.1) is 0 Å². The SMILES string of the molecule is Brc1cccc(C2CNCCC2C2CC=CCC2)c1. The van der Waals surface area contributed by atoms with E-state index in [0.717, 1.165) is 18.4 Å². The van der Waals surface area contributed by atoms with E-state index in [1.165, 1.54) is 42.3 Å². The van der Waals surface area contributed by atoms with Gasteiger partial charge in [-0.2, -0.15) is 0 Å². The highest BCUT2D eigenvalue weighted by Crippen LogP contribution is 2.40. The van der Waals surface area contributed by atoms with E-state index in [1.807, 2.05) is 0 Å². The summed E-state index contributed by atoms with van der Waals surface area (Å²) in [5.41, 5.74) is 1.50. The first-order valence-electron chi connectivity index (χ1n) is 7.46. The van der Waals surface area contributed by atoms with E-state index < -0.39 is 0 Å². The average molecular weight is 320 g/mol. The molecule has 1 saturated heterocycles. The molecule has 0 saturated carbocycles. The summed E-state index contributed by atoms with van der Waals surface area (Å²) in [5.74, 6) is 2.42. The molecule has 2 heteroatoms. The van der Waals surface area contributed by atoms with Crippen LogP contribution in [0.25, 0.3) is 0 Å². The maximum absolute atomic E-state index is 3.61. The van der Waals surface area contributed by atoms with Crippen molar-refractivity contribution in [1.29, 1.82) is 0 Å². The molecule has 1 aliphatic heterocycles. The van der Waals surface area contributed by atoms with Crippen LogP contribution in [0.1, 0.15) is 37.2 Å². The van der Waals surface area contributed by atoms with Gasteiger partial charge in [-0.05, 0) is 67.7 Å². The largest absolute Gasteiger partial charge is 0.316 e. The zero-order valence-electron chi connectivity index (χ0n) is 11.3. The van der Waals surface area contributed by atoms with E-state index in [9.17, 15) is 0 Å². The minimum absolute atomic E-state index is 0.683. The van der Waals surface area contributed by atoms with Crippen molar-refractivity contribution in [2.75, 3.05) is 13.1 Å². The van der Waals surface area contributed by atoms with Crippen molar-refractivity contribution in [3.05, 3.63) is 46.5 Å². The first-order chi connectivity index (χ1) is 9.34. The number of hydrogen-bond donors (Lipinski definition) is 1. The molecule has 1 aromatic carbocycles. The Morgan fingerprint density at radius 3 is 2.89 bits per heavy atom. The first-order valence-corrected chi connectivity index (χ1v) is 8.25. The van der Waals surface area contributed by atoms with E-state index in [-0.39, 0.29) is 0 Å². The second kappa shape index (κ2) is 6.23. The van der Waals surface area contributed by atoms with E-state index in [2.05, 4.69) is 57.7 Å². The van der Waals surface area contributed by atoms with Crippen LogP contribution >= 0.6 is 15.9 Å². The summed E-state index contributed by atoms with van der Waals surface area (Å²) in [6.45, 7) is 2.33. The van der Waals surface area contributed by atoms with Crippen LogP contribution in [0.2, 0.25) is 0 Å². The molecule has 1 fully saturated rings. The zero-order valence-corrected chi connectivity index (χ0v) is 12.9. The number of benzene rings is 1. The highest BCUT2D eigenvalue weighted by Gasteiger charge is 2.32. The van der Waals surface area contributed by atoms with Gasteiger partial charge in [0.2, 0.25) is 0 Å². The van der Waals surface area contributed by atoms with E-state index in [4.69, 9.17) is 0 Å². The maximum Gasteiger partial charge on any atom is 0.0178 e. The number of halogens is 1. The molecule has 0 radical (unpaired) electrons. The Morgan fingerprint density at radius 2 is 2.11 bits per heavy atom. The van der Waals surface area contributed by atoms with Gasteiger partial charge < -0.3 is 5.32 Å². The van der Waals surface area contributed by atoms with Crippen molar-refractivity contribution < 1.29 is 0 Å². The molecule has 1 aromatic rings. The van der Waals surface area contributed by atoms with Crippen molar-refractivity contribution in [2.45, 2.75) is 31.6 Å². The predicted octanol–water partition coefficient (Wildman–Crippen LogP) is 4.50. The molecule has 3 atom stereocenters. The Labute approximate surface area is 124 Å².